The number of carbonyl (C=O) groups is 1. The Kier molecular flexibility index (Phi) is 5.16. The van der Waals surface area contributed by atoms with Gasteiger partial charge in [-0.2, -0.15) is 13.2 Å². The van der Waals surface area contributed by atoms with Crippen molar-refractivity contribution in [3.63, 3.8) is 0 Å². The van der Waals surface area contributed by atoms with E-state index in [1.54, 1.807) is 24.3 Å². The predicted octanol–water partition coefficient (Wildman–Crippen LogP) is 4.90. The van der Waals surface area contributed by atoms with Crippen LogP contribution in [0.3, 0.4) is 0 Å². The van der Waals surface area contributed by atoms with Gasteiger partial charge in [0.25, 0.3) is 5.91 Å². The van der Waals surface area contributed by atoms with Crippen molar-refractivity contribution in [3.8, 4) is 0 Å². The average Bonchev–Trinajstić information content (AvgIpc) is 2.93. The fourth-order valence-corrected chi connectivity index (χ4v) is 3.73. The molecule has 0 atom stereocenters. The Morgan fingerprint density at radius 1 is 1.18 bits per heavy atom. The number of benzene rings is 2. The third kappa shape index (κ3) is 4.31. The summed E-state index contributed by atoms with van der Waals surface area (Å²) in [5.41, 5.74) is -0.834. The second-order valence-corrected chi connectivity index (χ2v) is 8.67. The summed E-state index contributed by atoms with van der Waals surface area (Å²) in [6, 6.07) is 9.36. The van der Waals surface area contributed by atoms with Gasteiger partial charge in [0.15, 0.2) is 15.6 Å². The highest BCUT2D eigenvalue weighted by Crippen LogP contribution is 2.36. The van der Waals surface area contributed by atoms with E-state index in [0.717, 1.165) is 12.3 Å². The van der Waals surface area contributed by atoms with Crippen LogP contribution >= 0.6 is 11.6 Å². The Bertz CT molecular complexity index is 1170. The van der Waals surface area contributed by atoms with Crippen LogP contribution in [-0.4, -0.2) is 20.6 Å². The molecule has 0 spiro atoms. The Hall–Kier alpha value is -2.52. The Balaban J connectivity index is 2.02. The molecule has 0 fully saturated rings. The molecule has 3 aromatic rings. The number of hydrogen-bond acceptors (Lipinski definition) is 4. The van der Waals surface area contributed by atoms with E-state index in [1.807, 2.05) is 0 Å². The van der Waals surface area contributed by atoms with Crippen molar-refractivity contribution in [2.24, 2.45) is 0 Å². The SMILES string of the molecule is CS(=O)(=O)Cc1c(C(=O)Nc2ccc(Cl)c(C(F)(F)F)c2)oc2ccccc12. The lowest BCUT2D eigenvalue weighted by molar-refractivity contribution is -0.137. The van der Waals surface area contributed by atoms with Gasteiger partial charge in [0.05, 0.1) is 16.3 Å². The van der Waals surface area contributed by atoms with Crippen molar-refractivity contribution < 1.29 is 30.8 Å². The van der Waals surface area contributed by atoms with Crippen LogP contribution in [0, 0.1) is 0 Å². The van der Waals surface area contributed by atoms with Gasteiger partial charge < -0.3 is 9.73 Å². The largest absolute Gasteiger partial charge is 0.451 e. The van der Waals surface area contributed by atoms with Crippen molar-refractivity contribution >= 4 is 44.0 Å². The van der Waals surface area contributed by atoms with Crippen LogP contribution in [0.4, 0.5) is 18.9 Å². The predicted molar refractivity (Wildman–Crippen MR) is 99.2 cm³/mol. The summed E-state index contributed by atoms with van der Waals surface area (Å²) < 4.78 is 68.0. The molecule has 0 aliphatic carbocycles. The number of furan rings is 1. The van der Waals surface area contributed by atoms with E-state index in [0.29, 0.717) is 17.0 Å². The normalized spacial score (nSPS) is 12.3. The van der Waals surface area contributed by atoms with E-state index in [2.05, 4.69) is 5.32 Å². The lowest BCUT2D eigenvalue weighted by Crippen LogP contribution is -2.15. The first-order valence-corrected chi connectivity index (χ1v) is 10.3. The highest BCUT2D eigenvalue weighted by molar-refractivity contribution is 7.89. The van der Waals surface area contributed by atoms with Crippen LogP contribution in [0.5, 0.6) is 0 Å². The van der Waals surface area contributed by atoms with Gasteiger partial charge in [-0.05, 0) is 24.3 Å². The van der Waals surface area contributed by atoms with E-state index in [9.17, 15) is 26.4 Å². The zero-order chi connectivity index (χ0) is 20.7. The number of halogens is 4. The molecule has 3 rings (SSSR count). The lowest BCUT2D eigenvalue weighted by Gasteiger charge is -2.11. The first kappa shape index (κ1) is 20.2. The van der Waals surface area contributed by atoms with Gasteiger partial charge in [-0.15, -0.1) is 0 Å². The molecule has 2 aromatic carbocycles. The monoisotopic (exact) mass is 431 g/mol. The molecule has 0 saturated heterocycles. The molecule has 1 N–H and O–H groups in total. The molecule has 0 unspecified atom stereocenters. The Labute approximate surface area is 163 Å². The van der Waals surface area contributed by atoms with Gasteiger partial charge in [-0.1, -0.05) is 29.8 Å². The van der Waals surface area contributed by atoms with Crippen LogP contribution in [0.25, 0.3) is 11.0 Å². The molecule has 0 saturated carbocycles. The molecule has 1 aromatic heterocycles. The number of para-hydroxylation sites is 1. The van der Waals surface area contributed by atoms with Gasteiger partial charge in [0.2, 0.25) is 0 Å². The average molecular weight is 432 g/mol. The molecule has 5 nitrogen and oxygen atoms in total. The molecule has 1 heterocycles. The first-order chi connectivity index (χ1) is 13.0. The minimum Gasteiger partial charge on any atom is -0.451 e. The summed E-state index contributed by atoms with van der Waals surface area (Å²) in [6.45, 7) is 0. The number of fused-ring (bicyclic) bond motifs is 1. The maximum atomic E-state index is 13.0. The van der Waals surface area contributed by atoms with Gasteiger partial charge in [-0.25, -0.2) is 8.42 Å². The highest BCUT2D eigenvalue weighted by atomic mass is 35.5. The summed E-state index contributed by atoms with van der Waals surface area (Å²) in [6.07, 6.45) is -3.69. The molecule has 1 amide bonds. The van der Waals surface area contributed by atoms with Crippen LogP contribution in [-0.2, 0) is 21.8 Å². The van der Waals surface area contributed by atoms with Crippen molar-refractivity contribution in [2.75, 3.05) is 11.6 Å². The number of nitrogens with one attached hydrogen (secondary N) is 1. The number of anilines is 1. The number of hydrogen-bond donors (Lipinski definition) is 1. The van der Waals surface area contributed by atoms with Crippen LogP contribution in [0.1, 0.15) is 21.7 Å². The maximum absolute atomic E-state index is 13.0. The van der Waals surface area contributed by atoms with E-state index >= 15 is 0 Å². The number of amides is 1. The Morgan fingerprint density at radius 3 is 2.50 bits per heavy atom. The number of rotatable bonds is 4. The first-order valence-electron chi connectivity index (χ1n) is 7.82. The van der Waals surface area contributed by atoms with Gasteiger partial charge in [-0.3, -0.25) is 4.79 Å². The second-order valence-electron chi connectivity index (χ2n) is 6.12. The lowest BCUT2D eigenvalue weighted by atomic mass is 10.1. The second kappa shape index (κ2) is 7.14. The van der Waals surface area contributed by atoms with Crippen molar-refractivity contribution in [2.45, 2.75) is 11.9 Å². The zero-order valence-electron chi connectivity index (χ0n) is 14.3. The molecular formula is C18H13ClF3NO4S. The third-order valence-corrected chi connectivity index (χ3v) is 4.98. The zero-order valence-corrected chi connectivity index (χ0v) is 15.9. The quantitative estimate of drug-likeness (QED) is 0.637. The van der Waals surface area contributed by atoms with E-state index < -0.39 is 38.3 Å². The minimum absolute atomic E-state index is 0.139. The molecule has 148 valence electrons. The van der Waals surface area contributed by atoms with E-state index in [1.165, 1.54) is 6.07 Å². The summed E-state index contributed by atoms with van der Waals surface area (Å²) in [7, 11) is -3.51. The molecule has 10 heteroatoms. The van der Waals surface area contributed by atoms with Crippen molar-refractivity contribution in [1.82, 2.24) is 0 Å². The fourth-order valence-electron chi connectivity index (χ4n) is 2.70. The molecule has 0 aliphatic rings. The van der Waals surface area contributed by atoms with Crippen LogP contribution in [0.2, 0.25) is 5.02 Å². The molecule has 0 aliphatic heterocycles. The number of carbonyl (C=O) groups excluding carboxylic acids is 1. The summed E-state index contributed by atoms with van der Waals surface area (Å²) >= 11 is 5.57. The number of alkyl halides is 3. The van der Waals surface area contributed by atoms with Crippen molar-refractivity contribution in [3.05, 3.63) is 64.4 Å². The van der Waals surface area contributed by atoms with Gasteiger partial charge in [0.1, 0.15) is 5.58 Å². The van der Waals surface area contributed by atoms with Gasteiger partial charge in [0, 0.05) is 22.9 Å². The van der Waals surface area contributed by atoms with E-state index in [4.69, 9.17) is 16.0 Å². The smallest absolute Gasteiger partial charge is 0.417 e. The van der Waals surface area contributed by atoms with E-state index in [-0.39, 0.29) is 17.0 Å². The summed E-state index contributed by atoms with van der Waals surface area (Å²) in [5.74, 6) is -1.61. The molecule has 0 radical (unpaired) electrons. The van der Waals surface area contributed by atoms with Crippen LogP contribution in [0.15, 0.2) is 46.9 Å². The summed E-state index contributed by atoms with van der Waals surface area (Å²) in [5, 5.41) is 2.23. The van der Waals surface area contributed by atoms with Crippen molar-refractivity contribution in [1.29, 1.82) is 0 Å². The molecule has 28 heavy (non-hydrogen) atoms. The molecular weight excluding hydrogens is 419 g/mol. The third-order valence-electron chi connectivity index (χ3n) is 3.84. The topological polar surface area (TPSA) is 76.4 Å². The summed E-state index contributed by atoms with van der Waals surface area (Å²) in [4.78, 5) is 12.6. The Morgan fingerprint density at radius 2 is 1.86 bits per heavy atom. The maximum Gasteiger partial charge on any atom is 0.417 e. The molecule has 0 bridgehead atoms. The minimum atomic E-state index is -4.70. The van der Waals surface area contributed by atoms with Crippen LogP contribution < -0.4 is 5.32 Å². The standard InChI is InChI=1S/C18H13ClF3NO4S/c1-28(25,26)9-12-11-4-2-3-5-15(11)27-16(12)17(24)23-10-6-7-14(19)13(8-10)18(20,21)22/h2-8H,9H2,1H3,(H,23,24). The fraction of sp³-hybridized carbons (Fsp3) is 0.167. The number of sulfone groups is 1. The van der Waals surface area contributed by atoms with Gasteiger partial charge >= 0.3 is 6.18 Å². The highest BCUT2D eigenvalue weighted by Gasteiger charge is 2.33.